The van der Waals surface area contributed by atoms with Crippen LogP contribution in [0, 0.1) is 0 Å². The van der Waals surface area contributed by atoms with E-state index in [1.54, 1.807) is 25.1 Å². The molecular weight excluding hydrogens is 431 g/mol. The fourth-order valence-electron chi connectivity index (χ4n) is 1.94. The second-order valence-electron chi connectivity index (χ2n) is 5.37. The van der Waals surface area contributed by atoms with Crippen molar-refractivity contribution in [2.45, 2.75) is 19.9 Å². The van der Waals surface area contributed by atoms with E-state index in [2.05, 4.69) is 22.2 Å². The van der Waals surface area contributed by atoms with Crippen molar-refractivity contribution in [1.82, 2.24) is 15.5 Å². The minimum Gasteiger partial charge on any atom is -0.489 e. The minimum absolute atomic E-state index is 0. The third kappa shape index (κ3) is 9.33. The largest absolute Gasteiger partial charge is 0.489 e. The molecule has 0 aromatic heterocycles. The summed E-state index contributed by atoms with van der Waals surface area (Å²) >= 11 is 0. The molecule has 0 fully saturated rings. The molecule has 6 nitrogen and oxygen atoms in total. The Morgan fingerprint density at radius 1 is 1.32 bits per heavy atom. The standard InChI is InChI=1S/C18H28N4O2.HI/c1-5-13-24-16-10-8-7-9-15(16)14-21-18(19-6-2)20-12-11-17(23)22(3)4;/h5,7-10H,1,6,11-14H2,2-4H3,(H2,19,20,21);1H. The van der Waals surface area contributed by atoms with Crippen molar-refractivity contribution in [3.05, 3.63) is 42.5 Å². The van der Waals surface area contributed by atoms with Gasteiger partial charge >= 0.3 is 0 Å². The maximum Gasteiger partial charge on any atom is 0.223 e. The Morgan fingerprint density at radius 3 is 2.68 bits per heavy atom. The Balaban J connectivity index is 0.00000576. The van der Waals surface area contributed by atoms with Gasteiger partial charge in [0.15, 0.2) is 5.96 Å². The van der Waals surface area contributed by atoms with Crippen LogP contribution in [-0.4, -0.2) is 50.6 Å². The van der Waals surface area contributed by atoms with Gasteiger partial charge < -0.3 is 20.3 Å². The van der Waals surface area contributed by atoms with Crippen LogP contribution < -0.4 is 15.4 Å². The lowest BCUT2D eigenvalue weighted by Gasteiger charge is -2.14. The summed E-state index contributed by atoms with van der Waals surface area (Å²) in [5, 5.41) is 6.35. The highest BCUT2D eigenvalue weighted by Gasteiger charge is 2.05. The Morgan fingerprint density at radius 2 is 2.04 bits per heavy atom. The van der Waals surface area contributed by atoms with Gasteiger partial charge in [-0.05, 0) is 13.0 Å². The molecule has 0 saturated heterocycles. The van der Waals surface area contributed by atoms with Gasteiger partial charge in [-0.25, -0.2) is 4.99 Å². The Hall–Kier alpha value is -1.77. The summed E-state index contributed by atoms with van der Waals surface area (Å²) in [6.07, 6.45) is 2.14. The molecule has 1 aromatic rings. The summed E-state index contributed by atoms with van der Waals surface area (Å²) in [5.41, 5.74) is 1.00. The van der Waals surface area contributed by atoms with Gasteiger partial charge in [-0.15, -0.1) is 24.0 Å². The zero-order chi connectivity index (χ0) is 17.8. The molecule has 0 radical (unpaired) electrons. The molecule has 0 unspecified atom stereocenters. The maximum absolute atomic E-state index is 11.6. The van der Waals surface area contributed by atoms with Gasteiger partial charge in [0.2, 0.25) is 5.91 Å². The Bertz CT molecular complexity index is 562. The van der Waals surface area contributed by atoms with Crippen LogP contribution in [0.15, 0.2) is 41.9 Å². The van der Waals surface area contributed by atoms with E-state index in [9.17, 15) is 4.79 Å². The molecule has 1 amide bonds. The first-order valence-corrected chi connectivity index (χ1v) is 8.12. The van der Waals surface area contributed by atoms with Crippen LogP contribution in [0.25, 0.3) is 0 Å². The molecule has 0 aliphatic carbocycles. The van der Waals surface area contributed by atoms with Gasteiger partial charge in [0.05, 0.1) is 6.54 Å². The van der Waals surface area contributed by atoms with E-state index in [0.29, 0.717) is 32.1 Å². The molecule has 0 aliphatic heterocycles. The smallest absolute Gasteiger partial charge is 0.223 e. The molecule has 0 aliphatic rings. The van der Waals surface area contributed by atoms with E-state index >= 15 is 0 Å². The number of carbonyl (C=O) groups is 1. The molecule has 0 spiro atoms. The van der Waals surface area contributed by atoms with Gasteiger partial charge in [0, 0.05) is 39.2 Å². The first-order chi connectivity index (χ1) is 11.6. The average molecular weight is 460 g/mol. The molecule has 1 rings (SSSR count). The third-order valence-electron chi connectivity index (χ3n) is 3.21. The van der Waals surface area contributed by atoms with Crippen LogP contribution in [0.5, 0.6) is 5.75 Å². The number of guanidine groups is 1. The van der Waals surface area contributed by atoms with E-state index in [4.69, 9.17) is 4.74 Å². The lowest BCUT2D eigenvalue weighted by molar-refractivity contribution is -0.128. The number of rotatable bonds is 9. The highest BCUT2D eigenvalue weighted by molar-refractivity contribution is 14.0. The number of para-hydroxylation sites is 1. The average Bonchev–Trinajstić information content (AvgIpc) is 2.58. The van der Waals surface area contributed by atoms with Gasteiger partial charge in [-0.3, -0.25) is 4.79 Å². The molecule has 0 heterocycles. The number of nitrogens with one attached hydrogen (secondary N) is 2. The fraction of sp³-hybridized carbons (Fsp3) is 0.444. The lowest BCUT2D eigenvalue weighted by Crippen LogP contribution is -2.39. The van der Waals surface area contributed by atoms with E-state index in [1.165, 1.54) is 0 Å². The zero-order valence-corrected chi connectivity index (χ0v) is 17.6. The number of ether oxygens (including phenoxy) is 1. The van der Waals surface area contributed by atoms with Crippen LogP contribution in [0.3, 0.4) is 0 Å². The van der Waals surface area contributed by atoms with Crippen molar-refractivity contribution < 1.29 is 9.53 Å². The molecule has 1 aromatic carbocycles. The fourth-order valence-corrected chi connectivity index (χ4v) is 1.94. The van der Waals surface area contributed by atoms with Crippen molar-refractivity contribution in [2.24, 2.45) is 4.99 Å². The topological polar surface area (TPSA) is 66.0 Å². The number of carbonyl (C=O) groups excluding carboxylic acids is 1. The molecule has 25 heavy (non-hydrogen) atoms. The van der Waals surface area contributed by atoms with Gasteiger partial charge in [0.1, 0.15) is 12.4 Å². The van der Waals surface area contributed by atoms with Crippen LogP contribution in [0.2, 0.25) is 0 Å². The number of amides is 1. The quantitative estimate of drug-likeness (QED) is 0.257. The van der Waals surface area contributed by atoms with Gasteiger partial charge in [-0.1, -0.05) is 30.9 Å². The van der Waals surface area contributed by atoms with Crippen molar-refractivity contribution in [3.8, 4) is 5.75 Å². The van der Waals surface area contributed by atoms with E-state index < -0.39 is 0 Å². The molecule has 0 saturated carbocycles. The highest BCUT2D eigenvalue weighted by Crippen LogP contribution is 2.18. The number of halogens is 1. The first-order valence-electron chi connectivity index (χ1n) is 8.12. The molecule has 7 heteroatoms. The van der Waals surface area contributed by atoms with Crippen molar-refractivity contribution in [1.29, 1.82) is 0 Å². The predicted octanol–water partition coefficient (Wildman–Crippen LogP) is 2.40. The summed E-state index contributed by atoms with van der Waals surface area (Å²) < 4.78 is 5.64. The van der Waals surface area contributed by atoms with E-state index in [-0.39, 0.29) is 29.9 Å². The molecule has 0 atom stereocenters. The number of hydrogen-bond donors (Lipinski definition) is 2. The maximum atomic E-state index is 11.6. The highest BCUT2D eigenvalue weighted by atomic mass is 127. The SMILES string of the molecule is C=CCOc1ccccc1CN=C(NCC)NCCC(=O)N(C)C.I. The van der Waals surface area contributed by atoms with Crippen LogP contribution >= 0.6 is 24.0 Å². The minimum atomic E-state index is 0. The van der Waals surface area contributed by atoms with Gasteiger partial charge in [0.25, 0.3) is 0 Å². The van der Waals surface area contributed by atoms with Crippen molar-refractivity contribution in [3.63, 3.8) is 0 Å². The molecule has 2 N–H and O–H groups in total. The lowest BCUT2D eigenvalue weighted by atomic mass is 10.2. The Kier molecular flexibility index (Phi) is 12.6. The van der Waals surface area contributed by atoms with Crippen LogP contribution in [0.4, 0.5) is 0 Å². The summed E-state index contributed by atoms with van der Waals surface area (Å²) in [7, 11) is 3.50. The number of aliphatic imine (C=N–C) groups is 1. The summed E-state index contributed by atoms with van der Waals surface area (Å²) in [4.78, 5) is 17.7. The van der Waals surface area contributed by atoms with Crippen LogP contribution in [-0.2, 0) is 11.3 Å². The zero-order valence-electron chi connectivity index (χ0n) is 15.2. The second kappa shape index (κ2) is 13.5. The normalized spacial score (nSPS) is 10.4. The monoisotopic (exact) mass is 460 g/mol. The first kappa shape index (κ1) is 23.2. The van der Waals surface area contributed by atoms with E-state index in [1.807, 2.05) is 31.2 Å². The second-order valence-corrected chi connectivity index (χ2v) is 5.37. The molecule has 140 valence electrons. The molecule has 0 bridgehead atoms. The Labute approximate surface area is 167 Å². The number of hydrogen-bond acceptors (Lipinski definition) is 3. The van der Waals surface area contributed by atoms with Crippen molar-refractivity contribution in [2.75, 3.05) is 33.8 Å². The van der Waals surface area contributed by atoms with Crippen molar-refractivity contribution >= 4 is 35.8 Å². The molecular formula is C18H29IN4O2. The summed E-state index contributed by atoms with van der Waals surface area (Å²) in [6, 6.07) is 7.80. The number of nitrogens with zero attached hydrogens (tertiary/aromatic N) is 2. The summed E-state index contributed by atoms with van der Waals surface area (Å²) in [6.45, 7) is 7.91. The van der Waals surface area contributed by atoms with Gasteiger partial charge in [-0.2, -0.15) is 0 Å². The predicted molar refractivity (Wildman–Crippen MR) is 114 cm³/mol. The van der Waals surface area contributed by atoms with E-state index in [0.717, 1.165) is 17.9 Å². The third-order valence-corrected chi connectivity index (χ3v) is 3.21. The number of benzene rings is 1. The van der Waals surface area contributed by atoms with Crippen LogP contribution in [0.1, 0.15) is 18.9 Å². The summed E-state index contributed by atoms with van der Waals surface area (Å²) in [5.74, 6) is 1.57.